The summed E-state index contributed by atoms with van der Waals surface area (Å²) in [7, 11) is 0. The van der Waals surface area contributed by atoms with Gasteiger partial charge in [0.05, 0.1) is 23.6 Å². The summed E-state index contributed by atoms with van der Waals surface area (Å²) in [6.45, 7) is 3.24. The van der Waals surface area contributed by atoms with Crippen molar-refractivity contribution < 1.29 is 27.8 Å². The zero-order valence-electron chi connectivity index (χ0n) is 18.8. The molecule has 2 atom stereocenters. The lowest BCUT2D eigenvalue weighted by Gasteiger charge is -2.43. The Morgan fingerprint density at radius 2 is 2.06 bits per heavy atom. The minimum absolute atomic E-state index is 0.0183. The van der Waals surface area contributed by atoms with E-state index in [1.165, 1.54) is 23.1 Å². The van der Waals surface area contributed by atoms with E-state index in [1.807, 2.05) is 0 Å². The molecule has 1 aromatic carbocycles. The summed E-state index contributed by atoms with van der Waals surface area (Å²) in [5, 5.41) is 21.2. The normalized spacial score (nSPS) is 20.9. The molecular formula is C23H21F3N6O3. The third-order valence-electron chi connectivity index (χ3n) is 6.43. The number of hydrogen-bond acceptors (Lipinski definition) is 9. The quantitative estimate of drug-likeness (QED) is 0.525. The largest absolute Gasteiger partial charge is 0.504 e. The van der Waals surface area contributed by atoms with Gasteiger partial charge in [0.25, 0.3) is 6.43 Å². The predicted molar refractivity (Wildman–Crippen MR) is 120 cm³/mol. The van der Waals surface area contributed by atoms with Crippen molar-refractivity contribution >= 4 is 17.8 Å². The molecule has 0 aliphatic carbocycles. The van der Waals surface area contributed by atoms with Gasteiger partial charge in [-0.05, 0) is 32.0 Å². The fourth-order valence-electron chi connectivity index (χ4n) is 4.61. The van der Waals surface area contributed by atoms with Gasteiger partial charge in [0.2, 0.25) is 5.88 Å². The summed E-state index contributed by atoms with van der Waals surface area (Å²) >= 11 is 0. The monoisotopic (exact) mass is 486 g/mol. The Morgan fingerprint density at radius 1 is 1.26 bits per heavy atom. The Labute approximate surface area is 198 Å². The van der Waals surface area contributed by atoms with Gasteiger partial charge in [0.1, 0.15) is 23.0 Å². The van der Waals surface area contributed by atoms with Gasteiger partial charge >= 0.3 is 0 Å². The van der Waals surface area contributed by atoms with Crippen molar-refractivity contribution in [1.29, 1.82) is 0 Å². The Kier molecular flexibility index (Phi) is 5.45. The number of halogens is 3. The van der Waals surface area contributed by atoms with Gasteiger partial charge in [-0.15, -0.1) is 10.2 Å². The van der Waals surface area contributed by atoms with Crippen LogP contribution >= 0.6 is 0 Å². The number of aldehydes is 1. The summed E-state index contributed by atoms with van der Waals surface area (Å²) in [5.41, 5.74) is -0.0834. The van der Waals surface area contributed by atoms with Gasteiger partial charge in [-0.25, -0.2) is 23.1 Å². The molecule has 2 aromatic heterocycles. The van der Waals surface area contributed by atoms with E-state index in [4.69, 9.17) is 4.74 Å². The van der Waals surface area contributed by atoms with Crippen LogP contribution < -0.4 is 15.0 Å². The second-order valence-electron chi connectivity index (χ2n) is 8.61. The van der Waals surface area contributed by atoms with E-state index >= 15 is 0 Å². The van der Waals surface area contributed by atoms with Crippen molar-refractivity contribution in [2.45, 2.75) is 38.3 Å². The van der Waals surface area contributed by atoms with Crippen molar-refractivity contribution in [3.63, 3.8) is 0 Å². The van der Waals surface area contributed by atoms with E-state index in [2.05, 4.69) is 25.5 Å². The maximum absolute atomic E-state index is 14.5. The van der Waals surface area contributed by atoms with Gasteiger partial charge in [0, 0.05) is 18.5 Å². The highest BCUT2D eigenvalue weighted by atomic mass is 19.3. The number of anilines is 2. The molecule has 0 spiro atoms. The molecular weight excluding hydrogens is 465 g/mol. The zero-order valence-corrected chi connectivity index (χ0v) is 18.8. The summed E-state index contributed by atoms with van der Waals surface area (Å²) in [4.78, 5) is 21.1. The Bertz CT molecular complexity index is 1320. The molecule has 0 unspecified atom stereocenters. The first-order valence-electron chi connectivity index (χ1n) is 10.9. The number of phenolic OH excluding ortho intramolecular Hbond substituents is 1. The number of fused-ring (bicyclic) bond motifs is 3. The molecule has 0 radical (unpaired) electrons. The fraction of sp³-hybridized carbons (Fsp3) is 0.348. The molecule has 0 bridgehead atoms. The van der Waals surface area contributed by atoms with Gasteiger partial charge in [-0.1, -0.05) is 6.07 Å². The third kappa shape index (κ3) is 3.69. The lowest BCUT2D eigenvalue weighted by atomic mass is 9.93. The number of phenols is 1. The Morgan fingerprint density at radius 3 is 2.80 bits per heavy atom. The van der Waals surface area contributed by atoms with Crippen LogP contribution in [-0.4, -0.2) is 62.7 Å². The minimum atomic E-state index is -2.73. The predicted octanol–water partition coefficient (Wildman–Crippen LogP) is 3.29. The first-order valence-corrected chi connectivity index (χ1v) is 10.9. The molecule has 35 heavy (non-hydrogen) atoms. The van der Waals surface area contributed by atoms with Crippen LogP contribution in [0.1, 0.15) is 28.3 Å². The van der Waals surface area contributed by atoms with Crippen molar-refractivity contribution in [3.05, 3.63) is 47.2 Å². The van der Waals surface area contributed by atoms with Gasteiger partial charge < -0.3 is 20.1 Å². The fourth-order valence-corrected chi connectivity index (χ4v) is 4.61. The Balaban J connectivity index is 1.51. The third-order valence-corrected chi connectivity index (χ3v) is 6.43. The van der Waals surface area contributed by atoms with E-state index < -0.39 is 29.6 Å². The summed E-state index contributed by atoms with van der Waals surface area (Å²) in [6, 6.07) is 5.48. The number of carbonyl (C=O) groups is 1. The minimum Gasteiger partial charge on any atom is -0.504 e. The molecule has 3 aromatic rings. The van der Waals surface area contributed by atoms with Crippen LogP contribution in [0.4, 0.5) is 24.7 Å². The second kappa shape index (κ2) is 8.36. The SMILES string of the molecule is Cc1nc(O[C@H]2CN3c4cc(-c5cccc(F)c5O)nnc4NC[C@]3(C(F)F)C2)c(C)nc1C=O. The number of benzene rings is 1. The van der Waals surface area contributed by atoms with Crippen LogP contribution in [0, 0.1) is 19.7 Å². The van der Waals surface area contributed by atoms with Crippen LogP contribution in [0.2, 0.25) is 0 Å². The van der Waals surface area contributed by atoms with E-state index in [1.54, 1.807) is 13.8 Å². The van der Waals surface area contributed by atoms with E-state index in [0.29, 0.717) is 29.2 Å². The average molecular weight is 486 g/mol. The number of alkyl halides is 2. The molecule has 182 valence electrons. The molecule has 12 heteroatoms. The molecule has 1 fully saturated rings. The lowest BCUT2D eigenvalue weighted by molar-refractivity contribution is 0.0527. The van der Waals surface area contributed by atoms with Crippen LogP contribution in [0.15, 0.2) is 24.3 Å². The zero-order chi connectivity index (χ0) is 24.9. The number of aryl methyl sites for hydroxylation is 2. The summed E-state index contributed by atoms with van der Waals surface area (Å²) < 4.78 is 48.9. The lowest BCUT2D eigenvalue weighted by Crippen LogP contribution is -2.57. The standard InChI is InChI=1S/C23H21F3N6O3/c1-11-17(9-33)28-12(2)21(29-11)35-13-7-23(22(25)26)10-27-20-18(32(23)8-13)6-16(30-31-20)14-4-3-5-15(24)19(14)34/h3-6,9,13,22,34H,7-8,10H2,1-2H3,(H,27,31)/t13-,23+/m1/s1. The molecule has 2 aliphatic heterocycles. The molecule has 0 saturated carbocycles. The van der Waals surface area contributed by atoms with E-state index in [9.17, 15) is 23.1 Å². The maximum Gasteiger partial charge on any atom is 0.263 e. The second-order valence-corrected chi connectivity index (χ2v) is 8.61. The van der Waals surface area contributed by atoms with Crippen LogP contribution in [-0.2, 0) is 0 Å². The number of aromatic nitrogens is 4. The number of hydrogen-bond donors (Lipinski definition) is 2. The molecule has 4 heterocycles. The maximum atomic E-state index is 14.5. The first kappa shape index (κ1) is 22.8. The van der Waals surface area contributed by atoms with E-state index in [-0.39, 0.29) is 42.3 Å². The molecule has 5 rings (SSSR count). The highest BCUT2D eigenvalue weighted by Crippen LogP contribution is 2.46. The highest BCUT2D eigenvalue weighted by molar-refractivity contribution is 5.78. The number of para-hydroxylation sites is 1. The van der Waals surface area contributed by atoms with Crippen molar-refractivity contribution in [1.82, 2.24) is 20.2 Å². The summed E-state index contributed by atoms with van der Waals surface area (Å²) in [5.74, 6) is -0.960. The molecule has 1 saturated heterocycles. The van der Waals surface area contributed by atoms with Crippen molar-refractivity contribution in [2.75, 3.05) is 23.3 Å². The molecule has 9 nitrogen and oxygen atoms in total. The van der Waals surface area contributed by atoms with Crippen LogP contribution in [0.3, 0.4) is 0 Å². The summed E-state index contributed by atoms with van der Waals surface area (Å²) in [6.07, 6.45) is -2.82. The number of nitrogens with one attached hydrogen (secondary N) is 1. The van der Waals surface area contributed by atoms with Crippen LogP contribution in [0.5, 0.6) is 11.6 Å². The molecule has 0 amide bonds. The number of rotatable bonds is 5. The number of carbonyl (C=O) groups excluding carboxylic acids is 1. The van der Waals surface area contributed by atoms with Crippen molar-refractivity contribution in [3.8, 4) is 22.9 Å². The molecule has 2 aliphatic rings. The molecule has 2 N–H and O–H groups in total. The van der Waals surface area contributed by atoms with E-state index in [0.717, 1.165) is 6.07 Å². The van der Waals surface area contributed by atoms with Crippen molar-refractivity contribution in [2.24, 2.45) is 0 Å². The van der Waals surface area contributed by atoms with Gasteiger partial charge in [-0.3, -0.25) is 4.79 Å². The highest BCUT2D eigenvalue weighted by Gasteiger charge is 2.56. The average Bonchev–Trinajstić information content (AvgIpc) is 3.23. The van der Waals surface area contributed by atoms with Crippen LogP contribution in [0.25, 0.3) is 11.3 Å². The topological polar surface area (TPSA) is 113 Å². The van der Waals surface area contributed by atoms with Gasteiger partial charge in [0.15, 0.2) is 23.7 Å². The Hall–Kier alpha value is -3.96. The smallest absolute Gasteiger partial charge is 0.263 e. The number of aromatic hydroxyl groups is 1. The first-order chi connectivity index (χ1) is 16.7. The number of ether oxygens (including phenoxy) is 1. The number of nitrogens with zero attached hydrogens (tertiary/aromatic N) is 5. The van der Waals surface area contributed by atoms with Gasteiger partial charge in [-0.2, -0.15) is 0 Å².